The summed E-state index contributed by atoms with van der Waals surface area (Å²) < 4.78 is 18.7. The number of hydrogen-bond donors (Lipinski definition) is 0. The van der Waals surface area contributed by atoms with Gasteiger partial charge in [0.05, 0.1) is 11.4 Å². The summed E-state index contributed by atoms with van der Waals surface area (Å²) in [7, 11) is 0. The molecule has 0 spiro atoms. The van der Waals surface area contributed by atoms with Crippen molar-refractivity contribution in [2.24, 2.45) is 0 Å². The summed E-state index contributed by atoms with van der Waals surface area (Å²) in [5.74, 6) is 0. The van der Waals surface area contributed by atoms with Gasteiger partial charge in [0, 0.05) is 0 Å². The monoisotopic (exact) mass is 223 g/mol. The van der Waals surface area contributed by atoms with Crippen molar-refractivity contribution in [1.82, 2.24) is 0 Å². The summed E-state index contributed by atoms with van der Waals surface area (Å²) in [4.78, 5) is 0. The van der Waals surface area contributed by atoms with Crippen LogP contribution in [-0.4, -0.2) is 9.81 Å². The summed E-state index contributed by atoms with van der Waals surface area (Å²) in [5, 5.41) is 0. The zero-order valence-corrected chi connectivity index (χ0v) is 9.58. The molecule has 1 unspecified atom stereocenters. The average Bonchev–Trinajstić information content (AvgIpc) is 2.38. The highest BCUT2D eigenvalue weighted by Gasteiger charge is 2.41. The lowest BCUT2D eigenvalue weighted by Gasteiger charge is -2.19. The molecule has 4 heteroatoms. The minimum absolute atomic E-state index is 0.569. The predicted molar refractivity (Wildman–Crippen MR) is 61.4 cm³/mol. The molecule has 0 amide bonds. The number of benzene rings is 1. The second-order valence-electron chi connectivity index (χ2n) is 3.89. The van der Waals surface area contributed by atoms with Gasteiger partial charge in [-0.25, -0.2) is 8.51 Å². The van der Waals surface area contributed by atoms with Crippen LogP contribution < -0.4 is 4.31 Å². The van der Waals surface area contributed by atoms with Crippen LogP contribution in [0.25, 0.3) is 0 Å². The van der Waals surface area contributed by atoms with Crippen molar-refractivity contribution in [1.29, 1.82) is 0 Å². The van der Waals surface area contributed by atoms with E-state index in [1.165, 1.54) is 0 Å². The van der Waals surface area contributed by atoms with Crippen LogP contribution in [0, 0.1) is 0 Å². The first kappa shape index (κ1) is 10.4. The summed E-state index contributed by atoms with van der Waals surface area (Å²) in [6.45, 7) is 7.64. The van der Waals surface area contributed by atoms with Crippen LogP contribution in [-0.2, 0) is 15.4 Å². The first-order valence-electron chi connectivity index (χ1n) is 4.68. The summed E-state index contributed by atoms with van der Waals surface area (Å²) in [6, 6.07) is 9.47. The molecule has 0 aromatic heterocycles. The number of para-hydroxylation sites is 1. The minimum atomic E-state index is -1.48. The van der Waals surface area contributed by atoms with Gasteiger partial charge in [0.2, 0.25) is 0 Å². The Balaban J connectivity index is 2.40. The molecule has 0 bridgehead atoms. The van der Waals surface area contributed by atoms with Gasteiger partial charge in [-0.05, 0) is 26.0 Å². The van der Waals surface area contributed by atoms with E-state index in [9.17, 15) is 4.21 Å². The smallest absolute Gasteiger partial charge is 0.261 e. The molecule has 1 aliphatic heterocycles. The number of nitrogens with zero attached hydrogens (tertiary/aromatic N) is 1. The van der Waals surface area contributed by atoms with Gasteiger partial charge in [0.1, 0.15) is 5.60 Å². The van der Waals surface area contributed by atoms with Crippen LogP contribution in [0.2, 0.25) is 0 Å². The maximum atomic E-state index is 11.8. The number of rotatable bonds is 1. The normalized spacial score (nSPS) is 24.5. The van der Waals surface area contributed by atoms with Crippen LogP contribution in [0.15, 0.2) is 42.6 Å². The number of hydrogen-bond acceptors (Lipinski definition) is 2. The molecule has 1 saturated heterocycles. The zero-order chi connectivity index (χ0) is 11.1. The first-order chi connectivity index (χ1) is 7.02. The molecule has 0 N–H and O–H groups in total. The van der Waals surface area contributed by atoms with E-state index in [2.05, 4.69) is 6.58 Å². The zero-order valence-electron chi connectivity index (χ0n) is 8.77. The third-order valence-corrected chi connectivity index (χ3v) is 3.65. The van der Waals surface area contributed by atoms with E-state index in [1.54, 1.807) is 4.31 Å². The molecule has 0 saturated carbocycles. The lowest BCUT2D eigenvalue weighted by Crippen LogP contribution is -2.23. The molecule has 1 atom stereocenters. The maximum absolute atomic E-state index is 11.8. The molecular formula is C11H13NO2S. The summed E-state index contributed by atoms with van der Waals surface area (Å²) >= 11 is -1.48. The molecule has 0 radical (unpaired) electrons. The van der Waals surface area contributed by atoms with Crippen molar-refractivity contribution in [2.45, 2.75) is 19.4 Å². The Hall–Kier alpha value is -1.13. The fraction of sp³-hybridized carbons (Fsp3) is 0.273. The Bertz CT molecular complexity index is 414. The Kier molecular flexibility index (Phi) is 2.40. The second-order valence-corrected chi connectivity index (χ2v) is 4.85. The summed E-state index contributed by atoms with van der Waals surface area (Å²) in [6.07, 6.45) is 0. The quantitative estimate of drug-likeness (QED) is 0.731. The minimum Gasteiger partial charge on any atom is -0.261 e. The van der Waals surface area contributed by atoms with Crippen LogP contribution >= 0.6 is 0 Å². The van der Waals surface area contributed by atoms with Gasteiger partial charge in [0.25, 0.3) is 11.3 Å². The molecule has 2 rings (SSSR count). The van der Waals surface area contributed by atoms with Gasteiger partial charge in [-0.15, -0.1) is 0 Å². The molecule has 3 nitrogen and oxygen atoms in total. The van der Waals surface area contributed by atoms with E-state index in [0.29, 0.717) is 5.70 Å². The third kappa shape index (κ3) is 1.70. The maximum Gasteiger partial charge on any atom is 0.270 e. The molecule has 0 aliphatic carbocycles. The van der Waals surface area contributed by atoms with E-state index in [1.807, 2.05) is 44.2 Å². The fourth-order valence-corrected chi connectivity index (χ4v) is 2.62. The van der Waals surface area contributed by atoms with Crippen molar-refractivity contribution in [3.8, 4) is 0 Å². The van der Waals surface area contributed by atoms with Gasteiger partial charge in [0.15, 0.2) is 0 Å². The van der Waals surface area contributed by atoms with E-state index in [-0.39, 0.29) is 0 Å². The van der Waals surface area contributed by atoms with Crippen molar-refractivity contribution in [3.63, 3.8) is 0 Å². The highest BCUT2D eigenvalue weighted by Crippen LogP contribution is 2.36. The summed E-state index contributed by atoms with van der Waals surface area (Å²) in [5.41, 5.74) is 0.985. The largest absolute Gasteiger partial charge is 0.270 e. The SMILES string of the molecule is C=C1N(c2ccccc2)S(=O)OC1(C)C. The Morgan fingerprint density at radius 2 is 1.93 bits per heavy atom. The van der Waals surface area contributed by atoms with Crippen LogP contribution in [0.5, 0.6) is 0 Å². The van der Waals surface area contributed by atoms with Crippen molar-refractivity contribution >= 4 is 17.0 Å². The first-order valence-corrected chi connectivity index (χ1v) is 5.71. The molecule has 1 aromatic carbocycles. The lowest BCUT2D eigenvalue weighted by atomic mass is 10.1. The molecule has 1 fully saturated rings. The van der Waals surface area contributed by atoms with E-state index < -0.39 is 16.9 Å². The predicted octanol–water partition coefficient (Wildman–Crippen LogP) is 2.39. The van der Waals surface area contributed by atoms with Gasteiger partial charge in [-0.1, -0.05) is 24.8 Å². The Labute approximate surface area is 92.2 Å². The highest BCUT2D eigenvalue weighted by molar-refractivity contribution is 7.82. The topological polar surface area (TPSA) is 29.5 Å². The van der Waals surface area contributed by atoms with E-state index in [4.69, 9.17) is 4.18 Å². The van der Waals surface area contributed by atoms with Crippen LogP contribution in [0.4, 0.5) is 5.69 Å². The van der Waals surface area contributed by atoms with Gasteiger partial charge < -0.3 is 0 Å². The van der Waals surface area contributed by atoms with E-state index >= 15 is 0 Å². The van der Waals surface area contributed by atoms with Gasteiger partial charge in [-0.3, -0.25) is 4.18 Å². The van der Waals surface area contributed by atoms with Crippen LogP contribution in [0.1, 0.15) is 13.8 Å². The van der Waals surface area contributed by atoms with Crippen molar-refractivity contribution in [3.05, 3.63) is 42.6 Å². The van der Waals surface area contributed by atoms with Crippen LogP contribution in [0.3, 0.4) is 0 Å². The fourth-order valence-electron chi connectivity index (χ4n) is 1.40. The number of anilines is 1. The van der Waals surface area contributed by atoms with Crippen molar-refractivity contribution in [2.75, 3.05) is 4.31 Å². The molecule has 15 heavy (non-hydrogen) atoms. The Morgan fingerprint density at radius 1 is 1.33 bits per heavy atom. The third-order valence-electron chi connectivity index (χ3n) is 2.36. The molecule has 1 heterocycles. The van der Waals surface area contributed by atoms with Crippen molar-refractivity contribution < 1.29 is 8.39 Å². The standard InChI is InChI=1S/C11H13NO2S/c1-9-11(2,3)14-15(13)12(9)10-7-5-4-6-8-10/h4-8H,1H2,2-3H3. The molecule has 80 valence electrons. The lowest BCUT2D eigenvalue weighted by molar-refractivity contribution is 0.191. The van der Waals surface area contributed by atoms with Gasteiger partial charge in [-0.2, -0.15) is 0 Å². The van der Waals surface area contributed by atoms with E-state index in [0.717, 1.165) is 5.69 Å². The molecule has 1 aliphatic rings. The highest BCUT2D eigenvalue weighted by atomic mass is 32.2. The second kappa shape index (κ2) is 3.47. The molecule has 1 aromatic rings. The Morgan fingerprint density at radius 3 is 2.40 bits per heavy atom. The molecular weight excluding hydrogens is 210 g/mol. The average molecular weight is 223 g/mol. The van der Waals surface area contributed by atoms with Gasteiger partial charge >= 0.3 is 0 Å².